The molecular weight excluding hydrogens is 132 g/mol. The van der Waals surface area contributed by atoms with Gasteiger partial charge in [0, 0.05) is 18.9 Å². The standard InChI is InChI=1S/C7H12O3/c1-5-4-7(9)10-6(5)2-3-8/h5-6,8H,2-4H2,1H3/t5-,6+/m1/s1. The van der Waals surface area contributed by atoms with Gasteiger partial charge in [0.25, 0.3) is 0 Å². The second-order valence-electron chi connectivity index (χ2n) is 2.72. The molecule has 0 aromatic rings. The average Bonchev–Trinajstić information content (AvgIpc) is 2.13. The van der Waals surface area contributed by atoms with E-state index in [9.17, 15) is 4.79 Å². The summed E-state index contributed by atoms with van der Waals surface area (Å²) in [4.78, 5) is 10.6. The number of cyclic esters (lactones) is 1. The van der Waals surface area contributed by atoms with Crippen molar-refractivity contribution in [2.75, 3.05) is 6.61 Å². The summed E-state index contributed by atoms with van der Waals surface area (Å²) in [6.07, 6.45) is 1.04. The molecule has 58 valence electrons. The first-order valence-corrected chi connectivity index (χ1v) is 3.54. The van der Waals surface area contributed by atoms with Crippen molar-refractivity contribution in [2.45, 2.75) is 25.9 Å². The third kappa shape index (κ3) is 1.48. The normalized spacial score (nSPS) is 32.4. The van der Waals surface area contributed by atoms with Gasteiger partial charge in [0.15, 0.2) is 0 Å². The molecule has 0 bridgehead atoms. The van der Waals surface area contributed by atoms with Crippen LogP contribution in [-0.2, 0) is 9.53 Å². The summed E-state index contributed by atoms with van der Waals surface area (Å²) in [5.41, 5.74) is 0. The van der Waals surface area contributed by atoms with Crippen LogP contribution in [0.15, 0.2) is 0 Å². The van der Waals surface area contributed by atoms with Crippen molar-refractivity contribution >= 4 is 5.97 Å². The number of rotatable bonds is 2. The van der Waals surface area contributed by atoms with Crippen LogP contribution in [0.2, 0.25) is 0 Å². The van der Waals surface area contributed by atoms with E-state index in [1.54, 1.807) is 0 Å². The van der Waals surface area contributed by atoms with Crippen LogP contribution in [0.25, 0.3) is 0 Å². The molecule has 3 nitrogen and oxygen atoms in total. The van der Waals surface area contributed by atoms with Gasteiger partial charge in [-0.3, -0.25) is 4.79 Å². The third-order valence-electron chi connectivity index (χ3n) is 1.82. The predicted molar refractivity (Wildman–Crippen MR) is 35.4 cm³/mol. The van der Waals surface area contributed by atoms with Crippen molar-refractivity contribution in [1.29, 1.82) is 0 Å². The highest BCUT2D eigenvalue weighted by molar-refractivity contribution is 5.71. The largest absolute Gasteiger partial charge is 0.462 e. The minimum absolute atomic E-state index is 0.0440. The number of hydrogen-bond acceptors (Lipinski definition) is 3. The van der Waals surface area contributed by atoms with E-state index in [4.69, 9.17) is 9.84 Å². The Labute approximate surface area is 60.0 Å². The number of aliphatic hydroxyl groups excluding tert-OH is 1. The second kappa shape index (κ2) is 3.01. The molecule has 1 aliphatic rings. The Bertz CT molecular complexity index is 133. The molecule has 0 spiro atoms. The fourth-order valence-corrected chi connectivity index (χ4v) is 1.20. The van der Waals surface area contributed by atoms with E-state index in [-0.39, 0.29) is 24.6 Å². The zero-order valence-electron chi connectivity index (χ0n) is 6.04. The van der Waals surface area contributed by atoms with Gasteiger partial charge < -0.3 is 9.84 Å². The quantitative estimate of drug-likeness (QED) is 0.568. The topological polar surface area (TPSA) is 46.5 Å². The van der Waals surface area contributed by atoms with E-state index in [1.807, 2.05) is 6.92 Å². The van der Waals surface area contributed by atoms with Crippen molar-refractivity contribution < 1.29 is 14.6 Å². The lowest BCUT2D eigenvalue weighted by Crippen LogP contribution is -2.14. The van der Waals surface area contributed by atoms with Gasteiger partial charge in [-0.25, -0.2) is 0 Å². The van der Waals surface area contributed by atoms with Gasteiger partial charge in [0.2, 0.25) is 0 Å². The number of hydrogen-bond donors (Lipinski definition) is 1. The van der Waals surface area contributed by atoms with Gasteiger partial charge in [-0.1, -0.05) is 6.92 Å². The van der Waals surface area contributed by atoms with E-state index in [2.05, 4.69) is 0 Å². The van der Waals surface area contributed by atoms with Crippen molar-refractivity contribution in [3.05, 3.63) is 0 Å². The number of carbonyl (C=O) groups is 1. The second-order valence-corrected chi connectivity index (χ2v) is 2.72. The molecular formula is C7H12O3. The van der Waals surface area contributed by atoms with Gasteiger partial charge in [0.1, 0.15) is 6.10 Å². The van der Waals surface area contributed by atoms with Crippen LogP contribution in [0.4, 0.5) is 0 Å². The summed E-state index contributed by atoms with van der Waals surface area (Å²) in [6.45, 7) is 2.06. The van der Waals surface area contributed by atoms with Gasteiger partial charge in [-0.05, 0) is 0 Å². The van der Waals surface area contributed by atoms with Gasteiger partial charge in [-0.2, -0.15) is 0 Å². The molecule has 0 unspecified atom stereocenters. The minimum atomic E-state index is -0.133. The molecule has 0 aromatic carbocycles. The zero-order valence-corrected chi connectivity index (χ0v) is 6.04. The minimum Gasteiger partial charge on any atom is -0.462 e. The number of aliphatic hydroxyl groups is 1. The first-order valence-electron chi connectivity index (χ1n) is 3.54. The Kier molecular flexibility index (Phi) is 2.27. The van der Waals surface area contributed by atoms with Gasteiger partial charge in [-0.15, -0.1) is 0 Å². The fourth-order valence-electron chi connectivity index (χ4n) is 1.20. The molecule has 1 fully saturated rings. The predicted octanol–water partition coefficient (Wildman–Crippen LogP) is 0.320. The van der Waals surface area contributed by atoms with Gasteiger partial charge in [0.05, 0.1) is 6.42 Å². The lowest BCUT2D eigenvalue weighted by molar-refractivity contribution is -0.141. The van der Waals surface area contributed by atoms with E-state index in [0.717, 1.165) is 0 Å². The van der Waals surface area contributed by atoms with Crippen LogP contribution in [0.3, 0.4) is 0 Å². The van der Waals surface area contributed by atoms with E-state index < -0.39 is 0 Å². The van der Waals surface area contributed by atoms with Gasteiger partial charge >= 0.3 is 5.97 Å². The van der Waals surface area contributed by atoms with Crippen molar-refractivity contribution in [2.24, 2.45) is 5.92 Å². The van der Waals surface area contributed by atoms with E-state index in [1.165, 1.54) is 0 Å². The van der Waals surface area contributed by atoms with Crippen molar-refractivity contribution in [3.8, 4) is 0 Å². The highest BCUT2D eigenvalue weighted by atomic mass is 16.5. The average molecular weight is 144 g/mol. The molecule has 0 aliphatic carbocycles. The maximum atomic E-state index is 10.6. The van der Waals surface area contributed by atoms with Crippen LogP contribution in [-0.4, -0.2) is 23.8 Å². The molecule has 2 atom stereocenters. The Morgan fingerprint density at radius 1 is 1.80 bits per heavy atom. The summed E-state index contributed by atoms with van der Waals surface area (Å²) >= 11 is 0. The Morgan fingerprint density at radius 3 is 2.90 bits per heavy atom. The van der Waals surface area contributed by atoms with E-state index >= 15 is 0 Å². The molecule has 1 heterocycles. The molecule has 0 radical (unpaired) electrons. The summed E-state index contributed by atoms with van der Waals surface area (Å²) in [6, 6.07) is 0. The number of ether oxygens (including phenoxy) is 1. The maximum absolute atomic E-state index is 10.6. The summed E-state index contributed by atoms with van der Waals surface area (Å²) in [5, 5.41) is 8.54. The lowest BCUT2D eigenvalue weighted by Gasteiger charge is -2.10. The molecule has 1 aliphatic heterocycles. The SMILES string of the molecule is C[C@@H]1CC(=O)O[C@H]1CCO. The molecule has 3 heteroatoms. The smallest absolute Gasteiger partial charge is 0.306 e. The molecule has 1 saturated heterocycles. The van der Waals surface area contributed by atoms with Crippen LogP contribution in [0.5, 0.6) is 0 Å². The Hall–Kier alpha value is -0.570. The highest BCUT2D eigenvalue weighted by Gasteiger charge is 2.30. The third-order valence-corrected chi connectivity index (χ3v) is 1.82. The fraction of sp³-hybridized carbons (Fsp3) is 0.857. The molecule has 0 saturated carbocycles. The van der Waals surface area contributed by atoms with Crippen LogP contribution in [0.1, 0.15) is 19.8 Å². The number of carbonyl (C=O) groups excluding carboxylic acids is 1. The maximum Gasteiger partial charge on any atom is 0.306 e. The molecule has 0 aromatic heterocycles. The summed E-state index contributed by atoms with van der Waals surface area (Å²) < 4.78 is 4.92. The summed E-state index contributed by atoms with van der Waals surface area (Å²) in [7, 11) is 0. The molecule has 1 N–H and O–H groups in total. The Balaban J connectivity index is 2.38. The zero-order chi connectivity index (χ0) is 7.56. The molecule has 0 amide bonds. The highest BCUT2D eigenvalue weighted by Crippen LogP contribution is 2.23. The summed E-state index contributed by atoms with van der Waals surface area (Å²) in [5.74, 6) is 0.144. The first-order chi connectivity index (χ1) is 4.74. The van der Waals surface area contributed by atoms with Crippen LogP contribution < -0.4 is 0 Å². The molecule has 1 rings (SSSR count). The van der Waals surface area contributed by atoms with E-state index in [0.29, 0.717) is 12.8 Å². The molecule has 10 heavy (non-hydrogen) atoms. The first kappa shape index (κ1) is 7.54. The lowest BCUT2D eigenvalue weighted by atomic mass is 10.0. The van der Waals surface area contributed by atoms with Crippen LogP contribution >= 0.6 is 0 Å². The Morgan fingerprint density at radius 2 is 2.50 bits per heavy atom. The number of esters is 1. The van der Waals surface area contributed by atoms with Crippen molar-refractivity contribution in [1.82, 2.24) is 0 Å². The van der Waals surface area contributed by atoms with Crippen molar-refractivity contribution in [3.63, 3.8) is 0 Å². The van der Waals surface area contributed by atoms with Crippen LogP contribution in [0, 0.1) is 5.92 Å². The monoisotopic (exact) mass is 144 g/mol.